The molecule has 0 aromatic rings. The fraction of sp³-hybridized carbons (Fsp3) is 0.800. The average Bonchev–Trinajstić information content (AvgIpc) is 2.18. The first-order valence-electron chi connectivity index (χ1n) is 4.73. The first-order valence-corrected chi connectivity index (χ1v) is 4.73. The molecule has 15 heavy (non-hydrogen) atoms. The van der Waals surface area contributed by atoms with Crippen molar-refractivity contribution in [2.24, 2.45) is 11.5 Å². The number of hydrogen-bond donors (Lipinski definition) is 2. The normalized spacial score (nSPS) is 6.00. The van der Waals surface area contributed by atoms with Crippen LogP contribution in [0, 0.1) is 13.8 Å². The molecule has 0 rings (SSSR count). The molecule has 0 aliphatic carbocycles. The minimum absolute atomic E-state index is 0. The number of nitrogens with two attached hydrogens (primary N) is 2. The molecule has 2 nitrogen and oxygen atoms in total. The molecule has 0 aromatic heterocycles. The minimum atomic E-state index is 0. The minimum Gasteiger partial charge on any atom is -1.00 e. The standard InChI is InChI=1S/2C4H9.C2H8N2.2ClH.Cu/c2*1-3-4-2;3-1-2-4;;;/h2*1,3-4H2,2H3;1-4H2;2*1H;/q2*-1;;;;+2/p-2. The molecule has 0 aromatic carbocycles. The fourth-order valence-electron chi connectivity index (χ4n) is 0. The summed E-state index contributed by atoms with van der Waals surface area (Å²) in [5.74, 6) is 0. The Balaban J connectivity index is -0.0000000184. The van der Waals surface area contributed by atoms with E-state index in [1.807, 2.05) is 0 Å². The maximum atomic E-state index is 4.90. The molecule has 103 valence electrons. The van der Waals surface area contributed by atoms with Gasteiger partial charge in [0.1, 0.15) is 0 Å². The number of unbranched alkanes of at least 4 members (excludes halogenated alkanes) is 2. The van der Waals surface area contributed by atoms with Gasteiger partial charge in [-0.05, 0) is 0 Å². The zero-order chi connectivity index (χ0) is 10.2. The van der Waals surface area contributed by atoms with Gasteiger partial charge in [-0.3, -0.25) is 0 Å². The number of halogens is 2. The fourth-order valence-corrected chi connectivity index (χ4v) is 0. The van der Waals surface area contributed by atoms with Crippen LogP contribution in [0.5, 0.6) is 0 Å². The van der Waals surface area contributed by atoms with Crippen LogP contribution in [0.15, 0.2) is 0 Å². The van der Waals surface area contributed by atoms with Crippen molar-refractivity contribution in [2.45, 2.75) is 39.5 Å². The van der Waals surface area contributed by atoms with Gasteiger partial charge in [-0.25, -0.2) is 0 Å². The van der Waals surface area contributed by atoms with Gasteiger partial charge in [0.15, 0.2) is 0 Å². The van der Waals surface area contributed by atoms with Crippen LogP contribution in [-0.2, 0) is 17.1 Å². The third kappa shape index (κ3) is 158. The monoisotopic (exact) mass is 307 g/mol. The van der Waals surface area contributed by atoms with Crippen LogP contribution in [0.25, 0.3) is 0 Å². The molecule has 0 amide bonds. The van der Waals surface area contributed by atoms with Crippen molar-refractivity contribution in [2.75, 3.05) is 13.1 Å². The smallest absolute Gasteiger partial charge is 1.00 e. The number of rotatable bonds is 3. The summed E-state index contributed by atoms with van der Waals surface area (Å²) in [7, 11) is 0. The predicted molar refractivity (Wildman–Crippen MR) is 58.6 cm³/mol. The van der Waals surface area contributed by atoms with Gasteiger partial charge in [-0.2, -0.15) is 12.8 Å². The maximum Gasteiger partial charge on any atom is 2.00 e. The molecule has 0 aliphatic rings. The summed E-state index contributed by atoms with van der Waals surface area (Å²) in [5.41, 5.74) is 9.81. The Kier molecular flexibility index (Phi) is 144. The average molecular weight is 309 g/mol. The van der Waals surface area contributed by atoms with Gasteiger partial charge in [0.25, 0.3) is 0 Å². The molecule has 0 spiro atoms. The van der Waals surface area contributed by atoms with Crippen LogP contribution in [0.2, 0.25) is 0 Å². The van der Waals surface area contributed by atoms with Gasteiger partial charge >= 0.3 is 17.1 Å². The van der Waals surface area contributed by atoms with E-state index in [2.05, 4.69) is 27.7 Å². The van der Waals surface area contributed by atoms with Gasteiger partial charge in [-0.15, -0.1) is 0 Å². The predicted octanol–water partition coefficient (Wildman–Crippen LogP) is -3.85. The van der Waals surface area contributed by atoms with E-state index in [1.54, 1.807) is 0 Å². The molecule has 1 radical (unpaired) electrons. The summed E-state index contributed by atoms with van der Waals surface area (Å²) in [5, 5.41) is 0. The summed E-state index contributed by atoms with van der Waals surface area (Å²) in [6, 6.07) is 0. The molecule has 0 unspecified atom stereocenters. The van der Waals surface area contributed by atoms with Crippen LogP contribution < -0.4 is 36.3 Å². The summed E-state index contributed by atoms with van der Waals surface area (Å²) in [6.07, 6.45) is 4.56. The summed E-state index contributed by atoms with van der Waals surface area (Å²) < 4.78 is 0. The van der Waals surface area contributed by atoms with Crippen molar-refractivity contribution in [3.8, 4) is 0 Å². The Morgan fingerprint density at radius 1 is 0.800 bits per heavy atom. The van der Waals surface area contributed by atoms with Crippen LogP contribution in [0.4, 0.5) is 0 Å². The van der Waals surface area contributed by atoms with Crippen molar-refractivity contribution >= 4 is 0 Å². The molecular weight excluding hydrogens is 283 g/mol. The Hall–Kier alpha value is 1.02. The van der Waals surface area contributed by atoms with E-state index in [9.17, 15) is 0 Å². The second-order valence-corrected chi connectivity index (χ2v) is 2.28. The third-order valence-electron chi connectivity index (χ3n) is 0.874. The SMILES string of the molecule is NCCN.[CH2-]CCC.[CH2-]CCC.[Cl-].[Cl-].[Cu+2]. The summed E-state index contributed by atoms with van der Waals surface area (Å²) in [4.78, 5) is 0. The first-order chi connectivity index (χ1) is 5.74. The van der Waals surface area contributed by atoms with Gasteiger partial charge in [0.05, 0.1) is 0 Å². The van der Waals surface area contributed by atoms with Crippen LogP contribution in [0.1, 0.15) is 39.5 Å². The first kappa shape index (κ1) is 36.0. The maximum absolute atomic E-state index is 4.90. The van der Waals surface area contributed by atoms with E-state index < -0.39 is 0 Å². The van der Waals surface area contributed by atoms with Crippen molar-refractivity contribution < 1.29 is 41.9 Å². The molecule has 0 saturated carbocycles. The Labute approximate surface area is 120 Å². The van der Waals surface area contributed by atoms with E-state index in [0.29, 0.717) is 13.1 Å². The van der Waals surface area contributed by atoms with Crippen molar-refractivity contribution in [1.29, 1.82) is 0 Å². The number of hydrogen-bond acceptors (Lipinski definition) is 2. The van der Waals surface area contributed by atoms with Crippen molar-refractivity contribution in [3.05, 3.63) is 13.8 Å². The van der Waals surface area contributed by atoms with Gasteiger partial charge in [0.2, 0.25) is 0 Å². The second-order valence-electron chi connectivity index (χ2n) is 2.28. The Morgan fingerprint density at radius 3 is 0.933 bits per heavy atom. The quantitative estimate of drug-likeness (QED) is 0.414. The third-order valence-corrected chi connectivity index (χ3v) is 0.874. The van der Waals surface area contributed by atoms with E-state index >= 15 is 0 Å². The topological polar surface area (TPSA) is 52.0 Å². The van der Waals surface area contributed by atoms with Gasteiger partial charge in [0, 0.05) is 13.1 Å². The van der Waals surface area contributed by atoms with Crippen LogP contribution in [0.3, 0.4) is 0 Å². The summed E-state index contributed by atoms with van der Waals surface area (Å²) >= 11 is 0. The van der Waals surface area contributed by atoms with Crippen LogP contribution in [-0.4, -0.2) is 13.1 Å². The molecule has 0 fully saturated rings. The van der Waals surface area contributed by atoms with Gasteiger partial charge in [-0.1, -0.05) is 26.7 Å². The van der Waals surface area contributed by atoms with Crippen molar-refractivity contribution in [3.63, 3.8) is 0 Å². The second kappa shape index (κ2) is 59.9. The molecule has 0 aliphatic heterocycles. The van der Waals surface area contributed by atoms with Gasteiger partial charge < -0.3 is 50.1 Å². The van der Waals surface area contributed by atoms with E-state index in [-0.39, 0.29) is 41.9 Å². The molecule has 0 heterocycles. The molecule has 5 heteroatoms. The van der Waals surface area contributed by atoms with E-state index in [0.717, 1.165) is 12.8 Å². The Morgan fingerprint density at radius 2 is 0.933 bits per heavy atom. The van der Waals surface area contributed by atoms with E-state index in [4.69, 9.17) is 11.5 Å². The largest absolute Gasteiger partial charge is 2.00 e. The molecule has 0 atom stereocenters. The Bertz CT molecular complexity index is 36.9. The zero-order valence-electron chi connectivity index (χ0n) is 9.87. The summed E-state index contributed by atoms with van der Waals surface area (Å²) in [6.45, 7) is 12.6. The molecular formula is C10H26Cl2CuN2-2. The molecule has 4 N–H and O–H groups in total. The van der Waals surface area contributed by atoms with Crippen molar-refractivity contribution in [1.82, 2.24) is 0 Å². The zero-order valence-corrected chi connectivity index (χ0v) is 12.3. The molecule has 0 saturated heterocycles. The molecule has 0 bridgehead atoms. The van der Waals surface area contributed by atoms with E-state index in [1.165, 1.54) is 12.8 Å². The van der Waals surface area contributed by atoms with Crippen LogP contribution >= 0.6 is 0 Å².